The summed E-state index contributed by atoms with van der Waals surface area (Å²) in [6, 6.07) is 20.5. The van der Waals surface area contributed by atoms with Crippen molar-refractivity contribution in [1.82, 2.24) is 5.32 Å². The smallest absolute Gasteiger partial charge is 1.00 e. The van der Waals surface area contributed by atoms with Crippen LogP contribution in [0.2, 0.25) is 5.02 Å². The van der Waals surface area contributed by atoms with Gasteiger partial charge in [0.2, 0.25) is 0 Å². The van der Waals surface area contributed by atoms with E-state index in [1.807, 2.05) is 73.8 Å². The predicted molar refractivity (Wildman–Crippen MR) is 163 cm³/mol. The number of hydrogen-bond donors (Lipinski definition) is 2. The van der Waals surface area contributed by atoms with Crippen molar-refractivity contribution in [1.29, 1.82) is 0 Å². The number of unbranched alkanes of at least 4 members (excludes halogenated alkanes) is 1. The molecule has 8 heteroatoms. The summed E-state index contributed by atoms with van der Waals surface area (Å²) in [4.78, 5) is 25.1. The van der Waals surface area contributed by atoms with Gasteiger partial charge in [0.05, 0.1) is 12.7 Å². The van der Waals surface area contributed by atoms with Crippen molar-refractivity contribution in [3.05, 3.63) is 94.0 Å². The number of aliphatic carboxylic acids is 1. The Morgan fingerprint density at radius 2 is 1.77 bits per heavy atom. The van der Waals surface area contributed by atoms with E-state index in [2.05, 4.69) is 12.2 Å². The average Bonchev–Trinajstić information content (AvgIpc) is 2.93. The number of benzene rings is 3. The number of thioether (sulfide) groups is 1. The number of carbonyl (C=O) groups is 2. The summed E-state index contributed by atoms with van der Waals surface area (Å²) in [6.07, 6.45) is 6.10. The van der Waals surface area contributed by atoms with Crippen molar-refractivity contribution in [3.63, 3.8) is 0 Å². The number of aryl methyl sites for hydroxylation is 1. The van der Waals surface area contributed by atoms with E-state index in [0.717, 1.165) is 58.5 Å². The molecule has 3 rings (SSSR count). The van der Waals surface area contributed by atoms with Crippen molar-refractivity contribution in [2.45, 2.75) is 64.7 Å². The molecule has 0 bridgehead atoms. The first-order chi connectivity index (χ1) is 18.8. The third kappa shape index (κ3) is 10.0. The molecule has 0 aliphatic carbocycles. The van der Waals surface area contributed by atoms with Crippen LogP contribution in [0.3, 0.4) is 0 Å². The fraction of sp³-hybridized carbons (Fsp3) is 0.375. The van der Waals surface area contributed by atoms with Crippen molar-refractivity contribution < 1.29 is 39.7 Å². The van der Waals surface area contributed by atoms with E-state index in [0.29, 0.717) is 24.3 Å². The van der Waals surface area contributed by atoms with Crippen LogP contribution in [-0.2, 0) is 22.6 Å². The molecule has 0 heterocycles. The Kier molecular flexibility index (Phi) is 14.9. The van der Waals surface area contributed by atoms with Crippen LogP contribution in [-0.4, -0.2) is 41.1 Å². The van der Waals surface area contributed by atoms with Crippen LogP contribution < -0.4 is 24.2 Å². The summed E-state index contributed by atoms with van der Waals surface area (Å²) in [6.45, 7) is 4.56. The summed E-state index contributed by atoms with van der Waals surface area (Å²) in [5.41, 5.74) is 5.18. The topological polar surface area (TPSA) is 75.6 Å². The number of amides is 1. The first kappa shape index (κ1) is 34.0. The quantitative estimate of drug-likeness (QED) is 0.257. The molecule has 0 spiro atoms. The fourth-order valence-corrected chi connectivity index (χ4v) is 5.19. The molecule has 2 N–H and O–H groups in total. The second kappa shape index (κ2) is 17.6. The van der Waals surface area contributed by atoms with Gasteiger partial charge < -0.3 is 16.6 Å². The van der Waals surface area contributed by atoms with Crippen LogP contribution in [0.4, 0.5) is 0 Å². The fourth-order valence-electron chi connectivity index (χ4n) is 4.51. The van der Waals surface area contributed by atoms with Crippen LogP contribution in [0.5, 0.6) is 0 Å². The predicted octanol–water partition coefficient (Wildman–Crippen LogP) is 4.69. The molecule has 0 saturated heterocycles. The Bertz CT molecular complexity index is 1260. The standard InChI is InChI=1S/C32H38ClNO4S.Li.H/c1-4-5-12-25(20-24-11-7-9-14-29(24)33)38-21-23-15-16-27(28(19-23)26-13-8-6-10-22(26)2)31(35)34-30(32(36)37)17-18-39-3;;/h6-11,13-16,19,25,30H,4-5,12,17-18,20-21H2,1-3H3,(H,34,35)(H,36,37);;/q;+1;-1. The monoisotopic (exact) mass is 575 g/mol. The van der Waals surface area contributed by atoms with Gasteiger partial charge >= 0.3 is 24.8 Å². The van der Waals surface area contributed by atoms with Gasteiger partial charge in [-0.05, 0) is 77.8 Å². The number of ether oxygens (including phenoxy) is 1. The van der Waals surface area contributed by atoms with Crippen LogP contribution >= 0.6 is 23.4 Å². The molecule has 1 amide bonds. The molecule has 0 aliphatic heterocycles. The SMILES string of the molecule is CCCCC(Cc1ccccc1Cl)OCc1ccc(C(=O)NC(CCSC)C(=O)O)c(-c2ccccc2C)c1.[H-].[Li+]. The van der Waals surface area contributed by atoms with Gasteiger partial charge in [0.25, 0.3) is 5.91 Å². The zero-order valence-electron chi connectivity index (χ0n) is 24.9. The van der Waals surface area contributed by atoms with Crippen molar-refractivity contribution >= 4 is 35.2 Å². The van der Waals surface area contributed by atoms with Crippen molar-refractivity contribution in [2.75, 3.05) is 12.0 Å². The second-order valence-electron chi connectivity index (χ2n) is 9.71. The molecule has 0 fully saturated rings. The Morgan fingerprint density at radius 3 is 2.45 bits per heavy atom. The van der Waals surface area contributed by atoms with E-state index in [1.165, 1.54) is 0 Å². The molecule has 5 nitrogen and oxygen atoms in total. The van der Waals surface area contributed by atoms with Crippen molar-refractivity contribution in [3.8, 4) is 11.1 Å². The third-order valence-corrected chi connectivity index (χ3v) is 7.76. The van der Waals surface area contributed by atoms with Crippen LogP contribution in [0.25, 0.3) is 11.1 Å². The molecule has 0 aliphatic rings. The zero-order valence-corrected chi connectivity index (χ0v) is 25.5. The molecule has 2 unspecified atom stereocenters. The number of carbonyl (C=O) groups excluding carboxylic acids is 1. The average molecular weight is 576 g/mol. The summed E-state index contributed by atoms with van der Waals surface area (Å²) >= 11 is 7.97. The zero-order chi connectivity index (χ0) is 28.2. The van der Waals surface area contributed by atoms with E-state index in [1.54, 1.807) is 17.8 Å². The molecule has 40 heavy (non-hydrogen) atoms. The minimum atomic E-state index is -1.03. The molecule has 3 aromatic rings. The third-order valence-electron chi connectivity index (χ3n) is 6.75. The van der Waals surface area contributed by atoms with Gasteiger partial charge in [-0.15, -0.1) is 0 Å². The molecule has 0 aromatic heterocycles. The van der Waals surface area contributed by atoms with Gasteiger partial charge in [-0.1, -0.05) is 79.9 Å². The van der Waals surface area contributed by atoms with Crippen molar-refractivity contribution in [2.24, 2.45) is 0 Å². The first-order valence-electron chi connectivity index (χ1n) is 13.4. The minimum Gasteiger partial charge on any atom is -1.00 e. The van der Waals surface area contributed by atoms with Gasteiger partial charge in [-0.2, -0.15) is 11.8 Å². The minimum absolute atomic E-state index is 0. The molecular weight excluding hydrogens is 537 g/mol. The molecule has 2 atom stereocenters. The van der Waals surface area contributed by atoms with Crippen LogP contribution in [0, 0.1) is 6.92 Å². The summed E-state index contributed by atoms with van der Waals surface area (Å²) < 4.78 is 6.41. The number of carboxylic acid groups (broad SMARTS) is 1. The normalized spacial score (nSPS) is 12.3. The number of halogens is 1. The largest absolute Gasteiger partial charge is 1.00 e. The summed E-state index contributed by atoms with van der Waals surface area (Å²) in [7, 11) is 0. The van der Waals surface area contributed by atoms with Gasteiger partial charge in [0.1, 0.15) is 6.04 Å². The number of hydrogen-bond acceptors (Lipinski definition) is 4. The van der Waals surface area contributed by atoms with E-state index in [9.17, 15) is 14.7 Å². The first-order valence-corrected chi connectivity index (χ1v) is 15.2. The number of nitrogens with one attached hydrogen (secondary N) is 1. The van der Waals surface area contributed by atoms with Gasteiger partial charge in [0, 0.05) is 17.0 Å². The van der Waals surface area contributed by atoms with E-state index < -0.39 is 17.9 Å². The maximum absolute atomic E-state index is 13.3. The van der Waals surface area contributed by atoms with Gasteiger partial charge in [-0.25, -0.2) is 4.79 Å². The Labute approximate surface area is 261 Å². The van der Waals surface area contributed by atoms with Crippen LogP contribution in [0.15, 0.2) is 66.7 Å². The number of rotatable bonds is 15. The van der Waals surface area contributed by atoms with E-state index >= 15 is 0 Å². The molecule has 3 aromatic carbocycles. The molecule has 0 radical (unpaired) electrons. The van der Waals surface area contributed by atoms with E-state index in [4.69, 9.17) is 16.3 Å². The molecular formula is C32H39ClLiNO4S. The number of carboxylic acids is 1. The Balaban J connectivity index is 0.00000420. The molecule has 210 valence electrons. The summed E-state index contributed by atoms with van der Waals surface area (Å²) in [5, 5.41) is 13.1. The van der Waals surface area contributed by atoms with E-state index in [-0.39, 0.29) is 26.4 Å². The van der Waals surface area contributed by atoms with Gasteiger partial charge in [0.15, 0.2) is 0 Å². The molecule has 0 saturated carbocycles. The maximum atomic E-state index is 13.3. The second-order valence-corrected chi connectivity index (χ2v) is 11.1. The Morgan fingerprint density at radius 1 is 1.05 bits per heavy atom. The Hall–Kier alpha value is -2.20. The van der Waals surface area contributed by atoms with Crippen LogP contribution in [0.1, 0.15) is 61.1 Å². The maximum Gasteiger partial charge on any atom is 1.00 e. The van der Waals surface area contributed by atoms with Gasteiger partial charge in [-0.3, -0.25) is 4.79 Å². The summed E-state index contributed by atoms with van der Waals surface area (Å²) in [5.74, 6) is -0.781.